The van der Waals surface area contributed by atoms with E-state index in [1.54, 1.807) is 12.1 Å². The molecule has 134 valence electrons. The summed E-state index contributed by atoms with van der Waals surface area (Å²) in [5.74, 6) is -0.231. The fourth-order valence-electron chi connectivity index (χ4n) is 3.37. The summed E-state index contributed by atoms with van der Waals surface area (Å²) in [7, 11) is 2.15. The molecule has 0 amide bonds. The van der Waals surface area contributed by atoms with Gasteiger partial charge in [0, 0.05) is 50.0 Å². The van der Waals surface area contributed by atoms with Crippen molar-refractivity contribution < 1.29 is 4.39 Å². The van der Waals surface area contributed by atoms with Crippen LogP contribution in [0.5, 0.6) is 0 Å². The van der Waals surface area contributed by atoms with Crippen LogP contribution >= 0.6 is 0 Å². The van der Waals surface area contributed by atoms with Crippen LogP contribution < -0.4 is 0 Å². The summed E-state index contributed by atoms with van der Waals surface area (Å²) in [6.07, 6.45) is 2.04. The molecule has 1 aliphatic rings. The highest BCUT2D eigenvalue weighted by Gasteiger charge is 2.20. The van der Waals surface area contributed by atoms with Crippen molar-refractivity contribution in [1.29, 1.82) is 0 Å². The zero-order valence-corrected chi connectivity index (χ0v) is 15.0. The molecule has 0 bridgehead atoms. The SMILES string of the molecule is CN1CCN(Cc2cn(-c3ccccc3)nc2-c2ccccc2F)CC1. The zero-order valence-electron chi connectivity index (χ0n) is 15.0. The van der Waals surface area contributed by atoms with Crippen molar-refractivity contribution in [2.45, 2.75) is 6.54 Å². The number of likely N-dealkylation sites (N-methyl/N-ethyl adjacent to an activating group) is 1. The van der Waals surface area contributed by atoms with Gasteiger partial charge in [-0.15, -0.1) is 0 Å². The largest absolute Gasteiger partial charge is 0.304 e. The highest BCUT2D eigenvalue weighted by molar-refractivity contribution is 5.64. The molecule has 1 saturated heterocycles. The highest BCUT2D eigenvalue weighted by Crippen LogP contribution is 2.27. The van der Waals surface area contributed by atoms with Gasteiger partial charge < -0.3 is 4.90 Å². The Balaban J connectivity index is 1.71. The molecular weight excluding hydrogens is 327 g/mol. The summed E-state index contributed by atoms with van der Waals surface area (Å²) < 4.78 is 16.3. The standard InChI is InChI=1S/C21H23FN4/c1-24-11-13-25(14-12-24)15-17-16-26(18-7-3-2-4-8-18)23-21(17)19-9-5-6-10-20(19)22/h2-10,16H,11-15H2,1H3. The third-order valence-corrected chi connectivity index (χ3v) is 4.93. The maximum atomic E-state index is 14.4. The number of rotatable bonds is 4. The Bertz CT molecular complexity index is 867. The van der Waals surface area contributed by atoms with Crippen molar-refractivity contribution in [2.75, 3.05) is 33.2 Å². The topological polar surface area (TPSA) is 24.3 Å². The minimum Gasteiger partial charge on any atom is -0.304 e. The Morgan fingerprint density at radius 3 is 2.35 bits per heavy atom. The number of hydrogen-bond acceptors (Lipinski definition) is 3. The van der Waals surface area contributed by atoms with Crippen LogP contribution in [-0.4, -0.2) is 52.8 Å². The summed E-state index contributed by atoms with van der Waals surface area (Å²) >= 11 is 0. The van der Waals surface area contributed by atoms with Crippen LogP contribution in [0.25, 0.3) is 16.9 Å². The molecule has 0 N–H and O–H groups in total. The van der Waals surface area contributed by atoms with Gasteiger partial charge >= 0.3 is 0 Å². The number of piperazine rings is 1. The second-order valence-electron chi connectivity index (χ2n) is 6.84. The molecule has 5 heteroatoms. The highest BCUT2D eigenvalue weighted by atomic mass is 19.1. The van der Waals surface area contributed by atoms with Crippen LogP contribution in [0.15, 0.2) is 60.8 Å². The van der Waals surface area contributed by atoms with Gasteiger partial charge in [-0.05, 0) is 31.3 Å². The predicted molar refractivity (Wildman–Crippen MR) is 102 cm³/mol. The molecule has 1 fully saturated rings. The third kappa shape index (κ3) is 3.54. The van der Waals surface area contributed by atoms with Crippen molar-refractivity contribution in [3.63, 3.8) is 0 Å². The molecule has 4 rings (SSSR count). The van der Waals surface area contributed by atoms with E-state index in [0.29, 0.717) is 5.56 Å². The second kappa shape index (κ2) is 7.40. The zero-order chi connectivity index (χ0) is 17.9. The van der Waals surface area contributed by atoms with E-state index in [9.17, 15) is 4.39 Å². The van der Waals surface area contributed by atoms with Crippen molar-refractivity contribution in [3.8, 4) is 16.9 Å². The molecule has 1 aliphatic heterocycles. The number of para-hydroxylation sites is 1. The lowest BCUT2D eigenvalue weighted by atomic mass is 10.1. The van der Waals surface area contributed by atoms with Gasteiger partial charge in [0.15, 0.2) is 0 Å². The first-order chi connectivity index (χ1) is 12.7. The minimum atomic E-state index is -0.231. The van der Waals surface area contributed by atoms with E-state index in [2.05, 4.69) is 16.8 Å². The van der Waals surface area contributed by atoms with E-state index >= 15 is 0 Å². The number of aromatic nitrogens is 2. The van der Waals surface area contributed by atoms with Crippen molar-refractivity contribution in [3.05, 3.63) is 72.2 Å². The molecule has 26 heavy (non-hydrogen) atoms. The molecule has 4 nitrogen and oxygen atoms in total. The minimum absolute atomic E-state index is 0.231. The maximum absolute atomic E-state index is 14.4. The lowest BCUT2D eigenvalue weighted by Gasteiger charge is -2.32. The Morgan fingerprint density at radius 1 is 0.923 bits per heavy atom. The average Bonchev–Trinajstić information content (AvgIpc) is 3.08. The van der Waals surface area contributed by atoms with E-state index in [1.165, 1.54) is 6.07 Å². The summed E-state index contributed by atoms with van der Waals surface area (Å²) in [6.45, 7) is 4.93. The molecule has 0 aliphatic carbocycles. The molecule has 3 aromatic rings. The summed E-state index contributed by atoms with van der Waals surface area (Å²) in [4.78, 5) is 4.75. The van der Waals surface area contributed by atoms with Crippen LogP contribution in [0.4, 0.5) is 4.39 Å². The van der Waals surface area contributed by atoms with E-state index in [0.717, 1.165) is 49.7 Å². The van der Waals surface area contributed by atoms with Gasteiger partial charge in [0.25, 0.3) is 0 Å². The van der Waals surface area contributed by atoms with Gasteiger partial charge in [-0.1, -0.05) is 30.3 Å². The third-order valence-electron chi connectivity index (χ3n) is 4.93. The molecule has 0 radical (unpaired) electrons. The Morgan fingerprint density at radius 2 is 1.62 bits per heavy atom. The van der Waals surface area contributed by atoms with E-state index < -0.39 is 0 Å². The molecule has 0 atom stereocenters. The smallest absolute Gasteiger partial charge is 0.132 e. The van der Waals surface area contributed by atoms with Crippen molar-refractivity contribution in [1.82, 2.24) is 19.6 Å². The van der Waals surface area contributed by atoms with Gasteiger partial charge in [-0.25, -0.2) is 9.07 Å². The first-order valence-corrected chi connectivity index (χ1v) is 9.00. The fourth-order valence-corrected chi connectivity index (χ4v) is 3.37. The van der Waals surface area contributed by atoms with E-state index in [1.807, 2.05) is 47.3 Å². The van der Waals surface area contributed by atoms with Crippen LogP contribution in [0.2, 0.25) is 0 Å². The average molecular weight is 350 g/mol. The maximum Gasteiger partial charge on any atom is 0.132 e. The van der Waals surface area contributed by atoms with E-state index in [-0.39, 0.29) is 5.82 Å². The van der Waals surface area contributed by atoms with Crippen LogP contribution in [0.1, 0.15) is 5.56 Å². The van der Waals surface area contributed by atoms with Crippen LogP contribution in [-0.2, 0) is 6.54 Å². The molecule has 0 spiro atoms. The molecular formula is C21H23FN4. The molecule has 2 heterocycles. The lowest BCUT2D eigenvalue weighted by molar-refractivity contribution is 0.148. The first-order valence-electron chi connectivity index (χ1n) is 9.00. The molecule has 2 aromatic carbocycles. The first kappa shape index (κ1) is 16.9. The molecule has 0 unspecified atom stereocenters. The van der Waals surface area contributed by atoms with Crippen LogP contribution in [0, 0.1) is 5.82 Å². The van der Waals surface area contributed by atoms with Gasteiger partial charge in [0.05, 0.1) is 5.69 Å². The predicted octanol–water partition coefficient (Wildman–Crippen LogP) is 3.43. The van der Waals surface area contributed by atoms with Gasteiger partial charge in [-0.2, -0.15) is 5.10 Å². The second-order valence-corrected chi connectivity index (χ2v) is 6.84. The number of benzene rings is 2. The quantitative estimate of drug-likeness (QED) is 0.721. The number of hydrogen-bond donors (Lipinski definition) is 0. The molecule has 1 aromatic heterocycles. The summed E-state index contributed by atoms with van der Waals surface area (Å²) in [5, 5.41) is 4.73. The normalized spacial score (nSPS) is 16.1. The van der Waals surface area contributed by atoms with Gasteiger partial charge in [0.1, 0.15) is 11.5 Å². The van der Waals surface area contributed by atoms with Crippen molar-refractivity contribution >= 4 is 0 Å². The molecule has 0 saturated carbocycles. The summed E-state index contributed by atoms with van der Waals surface area (Å²) in [6, 6.07) is 16.9. The van der Waals surface area contributed by atoms with Crippen molar-refractivity contribution in [2.24, 2.45) is 0 Å². The fraction of sp³-hybridized carbons (Fsp3) is 0.286. The number of halogens is 1. The summed E-state index contributed by atoms with van der Waals surface area (Å²) in [5.41, 5.74) is 3.33. The Labute approximate surface area is 153 Å². The number of nitrogens with zero attached hydrogens (tertiary/aromatic N) is 4. The monoisotopic (exact) mass is 350 g/mol. The van der Waals surface area contributed by atoms with E-state index in [4.69, 9.17) is 5.10 Å². The lowest BCUT2D eigenvalue weighted by Crippen LogP contribution is -2.43. The van der Waals surface area contributed by atoms with Gasteiger partial charge in [-0.3, -0.25) is 4.90 Å². The van der Waals surface area contributed by atoms with Crippen LogP contribution in [0.3, 0.4) is 0 Å². The Kier molecular flexibility index (Phi) is 4.82. The van der Waals surface area contributed by atoms with Gasteiger partial charge in [0.2, 0.25) is 0 Å². The Hall–Kier alpha value is -2.50.